The van der Waals surface area contributed by atoms with Crippen LogP contribution in [0.25, 0.3) is 0 Å². The SMILES string of the molecule is CN1CCC(CCN=C(N)NCCc2ccccc2)CC1. The van der Waals surface area contributed by atoms with Crippen LogP contribution in [0.2, 0.25) is 0 Å². The Bertz CT molecular complexity index is 422. The summed E-state index contributed by atoms with van der Waals surface area (Å²) >= 11 is 0. The van der Waals surface area contributed by atoms with E-state index in [-0.39, 0.29) is 0 Å². The average Bonchev–Trinajstić information content (AvgIpc) is 2.50. The minimum atomic E-state index is 0.582. The number of benzene rings is 1. The van der Waals surface area contributed by atoms with E-state index in [1.165, 1.54) is 31.5 Å². The van der Waals surface area contributed by atoms with Gasteiger partial charge in [-0.3, -0.25) is 4.99 Å². The monoisotopic (exact) mass is 288 g/mol. The molecule has 3 N–H and O–H groups in total. The number of nitrogens with one attached hydrogen (secondary N) is 1. The van der Waals surface area contributed by atoms with Gasteiger partial charge in [0.25, 0.3) is 0 Å². The molecule has 0 bridgehead atoms. The van der Waals surface area contributed by atoms with Crippen LogP contribution in [0.4, 0.5) is 0 Å². The van der Waals surface area contributed by atoms with Gasteiger partial charge in [-0.25, -0.2) is 0 Å². The quantitative estimate of drug-likeness (QED) is 0.620. The van der Waals surface area contributed by atoms with Crippen LogP contribution in [0.15, 0.2) is 35.3 Å². The topological polar surface area (TPSA) is 53.6 Å². The minimum Gasteiger partial charge on any atom is -0.370 e. The highest BCUT2D eigenvalue weighted by Crippen LogP contribution is 2.19. The van der Waals surface area contributed by atoms with E-state index in [0.717, 1.165) is 31.8 Å². The van der Waals surface area contributed by atoms with Gasteiger partial charge in [0.05, 0.1) is 0 Å². The molecule has 0 amide bonds. The number of nitrogens with two attached hydrogens (primary N) is 1. The first-order chi connectivity index (χ1) is 10.2. The molecular formula is C17H28N4. The lowest BCUT2D eigenvalue weighted by atomic mass is 9.94. The van der Waals surface area contributed by atoms with Crippen LogP contribution in [0.3, 0.4) is 0 Å². The molecule has 21 heavy (non-hydrogen) atoms. The molecule has 1 aromatic carbocycles. The van der Waals surface area contributed by atoms with E-state index in [1.807, 2.05) is 6.07 Å². The molecule has 1 heterocycles. The molecule has 1 fully saturated rings. The smallest absolute Gasteiger partial charge is 0.188 e. The van der Waals surface area contributed by atoms with Crippen molar-refractivity contribution >= 4 is 5.96 Å². The van der Waals surface area contributed by atoms with Gasteiger partial charge in [0.2, 0.25) is 0 Å². The highest BCUT2D eigenvalue weighted by Gasteiger charge is 2.15. The van der Waals surface area contributed by atoms with Crippen molar-refractivity contribution in [1.29, 1.82) is 0 Å². The summed E-state index contributed by atoms with van der Waals surface area (Å²) in [5.41, 5.74) is 7.23. The van der Waals surface area contributed by atoms with Crippen LogP contribution in [0.5, 0.6) is 0 Å². The number of aliphatic imine (C=N–C) groups is 1. The van der Waals surface area contributed by atoms with Crippen molar-refractivity contribution in [1.82, 2.24) is 10.2 Å². The minimum absolute atomic E-state index is 0.582. The van der Waals surface area contributed by atoms with Gasteiger partial charge < -0.3 is 16.0 Å². The second-order valence-corrected chi connectivity index (χ2v) is 5.96. The van der Waals surface area contributed by atoms with Crippen molar-refractivity contribution in [3.05, 3.63) is 35.9 Å². The molecule has 4 nitrogen and oxygen atoms in total. The van der Waals surface area contributed by atoms with Crippen molar-refractivity contribution in [2.45, 2.75) is 25.7 Å². The Kier molecular flexibility index (Phi) is 6.54. The van der Waals surface area contributed by atoms with Crippen LogP contribution in [-0.2, 0) is 6.42 Å². The van der Waals surface area contributed by atoms with Gasteiger partial charge in [-0.2, -0.15) is 0 Å². The molecular weight excluding hydrogens is 260 g/mol. The zero-order chi connectivity index (χ0) is 14.9. The number of guanidine groups is 1. The molecule has 1 saturated heterocycles. The lowest BCUT2D eigenvalue weighted by Crippen LogP contribution is -2.34. The van der Waals surface area contributed by atoms with E-state index in [2.05, 4.69) is 46.5 Å². The fraction of sp³-hybridized carbons (Fsp3) is 0.588. The van der Waals surface area contributed by atoms with Gasteiger partial charge >= 0.3 is 0 Å². The lowest BCUT2D eigenvalue weighted by molar-refractivity contribution is 0.214. The summed E-state index contributed by atoms with van der Waals surface area (Å²) in [6, 6.07) is 10.4. The summed E-state index contributed by atoms with van der Waals surface area (Å²) in [6.45, 7) is 4.13. The summed E-state index contributed by atoms with van der Waals surface area (Å²) in [4.78, 5) is 6.84. The Labute approximate surface area is 128 Å². The van der Waals surface area contributed by atoms with E-state index >= 15 is 0 Å². The standard InChI is InChI=1S/C17H28N4/c1-21-13-9-16(10-14-21)8-12-20-17(18)19-11-7-15-5-3-2-4-6-15/h2-6,16H,7-14H2,1H3,(H3,18,19,20). The molecule has 0 atom stereocenters. The fourth-order valence-electron chi connectivity index (χ4n) is 2.75. The molecule has 1 aliphatic heterocycles. The third kappa shape index (κ3) is 6.17. The molecule has 0 unspecified atom stereocenters. The van der Waals surface area contributed by atoms with Crippen molar-refractivity contribution < 1.29 is 0 Å². The second kappa shape index (κ2) is 8.67. The van der Waals surface area contributed by atoms with Crippen LogP contribution in [0.1, 0.15) is 24.8 Å². The molecule has 0 spiro atoms. The highest BCUT2D eigenvalue weighted by molar-refractivity contribution is 5.77. The van der Waals surface area contributed by atoms with Crippen molar-refractivity contribution in [3.8, 4) is 0 Å². The number of likely N-dealkylation sites (tertiary alicyclic amines) is 1. The zero-order valence-corrected chi connectivity index (χ0v) is 13.1. The maximum Gasteiger partial charge on any atom is 0.188 e. The number of hydrogen-bond donors (Lipinski definition) is 2. The number of rotatable bonds is 6. The van der Waals surface area contributed by atoms with Gasteiger partial charge in [0.1, 0.15) is 0 Å². The molecule has 0 saturated carbocycles. The van der Waals surface area contributed by atoms with Gasteiger partial charge in [-0.1, -0.05) is 30.3 Å². The molecule has 4 heteroatoms. The van der Waals surface area contributed by atoms with Gasteiger partial charge in [0.15, 0.2) is 5.96 Å². The van der Waals surface area contributed by atoms with Crippen LogP contribution >= 0.6 is 0 Å². The summed E-state index contributed by atoms with van der Waals surface area (Å²) in [5.74, 6) is 1.40. The fourth-order valence-corrected chi connectivity index (χ4v) is 2.75. The molecule has 0 aliphatic carbocycles. The Hall–Kier alpha value is -1.55. The third-order valence-corrected chi connectivity index (χ3v) is 4.22. The molecule has 116 valence electrons. The van der Waals surface area contributed by atoms with Crippen LogP contribution in [-0.4, -0.2) is 44.1 Å². The maximum atomic E-state index is 5.91. The predicted molar refractivity (Wildman–Crippen MR) is 89.5 cm³/mol. The van der Waals surface area contributed by atoms with Crippen molar-refractivity contribution in [3.63, 3.8) is 0 Å². The Morgan fingerprint density at radius 3 is 2.71 bits per heavy atom. The first-order valence-electron chi connectivity index (χ1n) is 8.00. The molecule has 0 aromatic heterocycles. The van der Waals surface area contributed by atoms with E-state index in [9.17, 15) is 0 Å². The Morgan fingerprint density at radius 2 is 2.00 bits per heavy atom. The van der Waals surface area contributed by atoms with Crippen LogP contribution < -0.4 is 11.1 Å². The van der Waals surface area contributed by atoms with E-state index in [0.29, 0.717) is 5.96 Å². The van der Waals surface area contributed by atoms with E-state index in [4.69, 9.17) is 5.73 Å². The summed E-state index contributed by atoms with van der Waals surface area (Å²) in [5, 5.41) is 3.20. The van der Waals surface area contributed by atoms with Gasteiger partial charge in [0, 0.05) is 13.1 Å². The zero-order valence-electron chi connectivity index (χ0n) is 13.1. The van der Waals surface area contributed by atoms with Crippen molar-refractivity contribution in [2.24, 2.45) is 16.6 Å². The van der Waals surface area contributed by atoms with Gasteiger partial charge in [-0.15, -0.1) is 0 Å². The number of hydrogen-bond acceptors (Lipinski definition) is 2. The first kappa shape index (κ1) is 15.8. The Balaban J connectivity index is 1.58. The average molecular weight is 288 g/mol. The van der Waals surface area contributed by atoms with Crippen molar-refractivity contribution in [2.75, 3.05) is 33.2 Å². The molecule has 1 aromatic rings. The normalized spacial score (nSPS) is 17.9. The van der Waals surface area contributed by atoms with E-state index < -0.39 is 0 Å². The third-order valence-electron chi connectivity index (χ3n) is 4.22. The number of piperidine rings is 1. The largest absolute Gasteiger partial charge is 0.370 e. The molecule has 1 aliphatic rings. The van der Waals surface area contributed by atoms with E-state index in [1.54, 1.807) is 0 Å². The van der Waals surface area contributed by atoms with Gasteiger partial charge in [-0.05, 0) is 57.3 Å². The molecule has 2 rings (SSSR count). The molecule has 0 radical (unpaired) electrons. The number of nitrogens with zero attached hydrogens (tertiary/aromatic N) is 2. The Morgan fingerprint density at radius 1 is 1.29 bits per heavy atom. The maximum absolute atomic E-state index is 5.91. The second-order valence-electron chi connectivity index (χ2n) is 5.96. The summed E-state index contributed by atoms with van der Waals surface area (Å²) in [6.07, 6.45) is 4.74. The predicted octanol–water partition coefficient (Wildman–Crippen LogP) is 1.87. The first-order valence-corrected chi connectivity index (χ1v) is 8.00. The summed E-state index contributed by atoms with van der Waals surface area (Å²) in [7, 11) is 2.20. The lowest BCUT2D eigenvalue weighted by Gasteiger charge is -2.28. The summed E-state index contributed by atoms with van der Waals surface area (Å²) < 4.78 is 0. The highest BCUT2D eigenvalue weighted by atomic mass is 15.1. The van der Waals surface area contributed by atoms with Crippen LogP contribution in [0, 0.1) is 5.92 Å².